The molecular formula is C16H22N4O2. The first-order valence-electron chi connectivity index (χ1n) is 7.09. The molecule has 0 spiro atoms. The number of hydrogen-bond acceptors (Lipinski definition) is 3. The summed E-state index contributed by atoms with van der Waals surface area (Å²) < 4.78 is 5.09. The standard InChI is InChI=1S/C16H22N4O2/c1-4-9-19-16(17-5-2)20-11-10-18-15(21)13-7-6-8-14(12-13)22-3/h1,6-8,12H,5,9-11H2,2-3H3,(H,18,21)(H2,17,19,20). The van der Waals surface area contributed by atoms with Gasteiger partial charge < -0.3 is 20.7 Å². The molecule has 0 aliphatic rings. The molecule has 0 unspecified atom stereocenters. The molecule has 118 valence electrons. The van der Waals surface area contributed by atoms with Gasteiger partial charge in [0.2, 0.25) is 0 Å². The molecule has 0 saturated heterocycles. The molecule has 1 rings (SSSR count). The summed E-state index contributed by atoms with van der Waals surface area (Å²) in [5, 5.41) is 8.85. The minimum absolute atomic E-state index is 0.157. The van der Waals surface area contributed by atoms with Gasteiger partial charge in [-0.25, -0.2) is 0 Å². The van der Waals surface area contributed by atoms with Crippen LogP contribution in [-0.4, -0.2) is 45.2 Å². The van der Waals surface area contributed by atoms with Crippen LogP contribution in [0.2, 0.25) is 0 Å². The van der Waals surface area contributed by atoms with Crippen molar-refractivity contribution in [1.29, 1.82) is 0 Å². The summed E-state index contributed by atoms with van der Waals surface area (Å²) in [4.78, 5) is 16.3. The number of rotatable bonds is 7. The Balaban J connectivity index is 2.44. The van der Waals surface area contributed by atoms with Gasteiger partial charge in [0.25, 0.3) is 5.91 Å². The summed E-state index contributed by atoms with van der Waals surface area (Å²) in [6.45, 7) is 4.00. The SMILES string of the molecule is C#CCNC(=NCCNC(=O)c1cccc(OC)c1)NCC. The van der Waals surface area contributed by atoms with Crippen LogP contribution in [0.1, 0.15) is 17.3 Å². The van der Waals surface area contributed by atoms with E-state index in [1.54, 1.807) is 31.4 Å². The summed E-state index contributed by atoms with van der Waals surface area (Å²) in [6.07, 6.45) is 5.19. The molecule has 3 N–H and O–H groups in total. The van der Waals surface area contributed by atoms with Gasteiger partial charge in [-0.1, -0.05) is 12.0 Å². The molecule has 6 nitrogen and oxygen atoms in total. The fourth-order valence-corrected chi connectivity index (χ4v) is 1.68. The number of guanidine groups is 1. The maximum absolute atomic E-state index is 12.0. The van der Waals surface area contributed by atoms with Gasteiger partial charge in [-0.2, -0.15) is 0 Å². The lowest BCUT2D eigenvalue weighted by Crippen LogP contribution is -2.38. The van der Waals surface area contributed by atoms with E-state index in [1.807, 2.05) is 6.92 Å². The molecule has 22 heavy (non-hydrogen) atoms. The van der Waals surface area contributed by atoms with Gasteiger partial charge in [-0.05, 0) is 25.1 Å². The lowest BCUT2D eigenvalue weighted by molar-refractivity contribution is 0.0954. The summed E-state index contributed by atoms with van der Waals surface area (Å²) >= 11 is 0. The number of nitrogens with zero attached hydrogens (tertiary/aromatic N) is 1. The predicted octanol–water partition coefficient (Wildman–Crippen LogP) is 0.613. The molecular weight excluding hydrogens is 280 g/mol. The molecule has 0 fully saturated rings. The second-order valence-electron chi connectivity index (χ2n) is 4.31. The number of hydrogen-bond donors (Lipinski definition) is 3. The molecule has 0 bridgehead atoms. The van der Waals surface area contributed by atoms with Crippen LogP contribution < -0.4 is 20.7 Å². The Morgan fingerprint density at radius 1 is 1.36 bits per heavy atom. The van der Waals surface area contributed by atoms with Crippen LogP contribution in [0.4, 0.5) is 0 Å². The van der Waals surface area contributed by atoms with Crippen LogP contribution in [0.3, 0.4) is 0 Å². The Kier molecular flexibility index (Phi) is 7.98. The molecule has 1 amide bonds. The molecule has 0 heterocycles. The topological polar surface area (TPSA) is 74.8 Å². The number of methoxy groups -OCH3 is 1. The number of carbonyl (C=O) groups is 1. The summed E-state index contributed by atoms with van der Waals surface area (Å²) in [6, 6.07) is 7.00. The summed E-state index contributed by atoms with van der Waals surface area (Å²) in [7, 11) is 1.57. The average Bonchev–Trinajstić information content (AvgIpc) is 2.56. The Bertz CT molecular complexity index is 549. The first-order valence-corrected chi connectivity index (χ1v) is 7.09. The largest absolute Gasteiger partial charge is 0.497 e. The minimum atomic E-state index is -0.157. The van der Waals surface area contributed by atoms with E-state index in [1.165, 1.54) is 0 Å². The van der Waals surface area contributed by atoms with E-state index < -0.39 is 0 Å². The highest BCUT2D eigenvalue weighted by atomic mass is 16.5. The number of ether oxygens (including phenoxy) is 1. The third kappa shape index (κ3) is 6.18. The lowest BCUT2D eigenvalue weighted by atomic mass is 10.2. The molecule has 0 aromatic heterocycles. The maximum atomic E-state index is 12.0. The van der Waals surface area contributed by atoms with Gasteiger partial charge in [0.1, 0.15) is 5.75 Å². The lowest BCUT2D eigenvalue weighted by Gasteiger charge is -2.09. The summed E-state index contributed by atoms with van der Waals surface area (Å²) in [5.74, 6) is 3.61. The average molecular weight is 302 g/mol. The van der Waals surface area contributed by atoms with Gasteiger partial charge in [0, 0.05) is 18.7 Å². The van der Waals surface area contributed by atoms with Crippen molar-refractivity contribution in [2.45, 2.75) is 6.92 Å². The van der Waals surface area contributed by atoms with Crippen molar-refractivity contribution in [3.63, 3.8) is 0 Å². The van der Waals surface area contributed by atoms with E-state index in [0.717, 1.165) is 6.54 Å². The Hall–Kier alpha value is -2.68. The van der Waals surface area contributed by atoms with Gasteiger partial charge in [0.15, 0.2) is 5.96 Å². The van der Waals surface area contributed by atoms with Gasteiger partial charge in [-0.15, -0.1) is 6.42 Å². The number of carbonyl (C=O) groups excluding carboxylic acids is 1. The number of amides is 1. The van der Waals surface area contributed by atoms with Crippen LogP contribution in [-0.2, 0) is 0 Å². The van der Waals surface area contributed by atoms with Gasteiger partial charge in [-0.3, -0.25) is 9.79 Å². The quantitative estimate of drug-likeness (QED) is 0.299. The number of terminal acetylenes is 1. The van der Waals surface area contributed by atoms with Gasteiger partial charge >= 0.3 is 0 Å². The zero-order valence-corrected chi connectivity index (χ0v) is 13.0. The van der Waals surface area contributed by atoms with Crippen molar-refractivity contribution in [2.24, 2.45) is 4.99 Å². The van der Waals surface area contributed by atoms with Crippen LogP contribution in [0, 0.1) is 12.3 Å². The highest BCUT2D eigenvalue weighted by Gasteiger charge is 2.05. The number of aliphatic imine (C=N–C) groups is 1. The zero-order valence-electron chi connectivity index (χ0n) is 13.0. The van der Waals surface area contributed by atoms with E-state index in [2.05, 4.69) is 26.9 Å². The van der Waals surface area contributed by atoms with E-state index >= 15 is 0 Å². The number of benzene rings is 1. The molecule has 0 radical (unpaired) electrons. The second kappa shape index (κ2) is 10.1. The van der Waals surface area contributed by atoms with E-state index in [0.29, 0.717) is 36.9 Å². The first kappa shape index (κ1) is 17.4. The molecule has 1 aromatic rings. The Labute approximate surface area is 131 Å². The van der Waals surface area contributed by atoms with E-state index in [4.69, 9.17) is 11.2 Å². The molecule has 0 aliphatic heterocycles. The van der Waals surface area contributed by atoms with Crippen LogP contribution in [0.25, 0.3) is 0 Å². The summed E-state index contributed by atoms with van der Waals surface area (Å²) in [5.41, 5.74) is 0.556. The van der Waals surface area contributed by atoms with Crippen LogP contribution in [0.15, 0.2) is 29.3 Å². The molecule has 0 aliphatic carbocycles. The van der Waals surface area contributed by atoms with Crippen molar-refractivity contribution in [1.82, 2.24) is 16.0 Å². The Morgan fingerprint density at radius 2 is 2.18 bits per heavy atom. The molecule has 0 atom stereocenters. The third-order valence-electron chi connectivity index (χ3n) is 2.70. The smallest absolute Gasteiger partial charge is 0.251 e. The maximum Gasteiger partial charge on any atom is 0.251 e. The normalized spacial score (nSPS) is 10.5. The molecule has 6 heteroatoms. The van der Waals surface area contributed by atoms with Crippen molar-refractivity contribution < 1.29 is 9.53 Å². The van der Waals surface area contributed by atoms with E-state index in [9.17, 15) is 4.79 Å². The Morgan fingerprint density at radius 3 is 2.86 bits per heavy atom. The predicted molar refractivity (Wildman–Crippen MR) is 88.1 cm³/mol. The number of nitrogens with one attached hydrogen (secondary N) is 3. The van der Waals surface area contributed by atoms with Crippen molar-refractivity contribution in [2.75, 3.05) is 33.3 Å². The zero-order chi connectivity index (χ0) is 16.2. The first-order chi connectivity index (χ1) is 10.7. The van der Waals surface area contributed by atoms with Crippen molar-refractivity contribution in [3.05, 3.63) is 29.8 Å². The highest BCUT2D eigenvalue weighted by molar-refractivity contribution is 5.94. The molecule has 0 saturated carbocycles. The van der Waals surface area contributed by atoms with Crippen LogP contribution in [0.5, 0.6) is 5.75 Å². The van der Waals surface area contributed by atoms with Crippen molar-refractivity contribution in [3.8, 4) is 18.1 Å². The minimum Gasteiger partial charge on any atom is -0.497 e. The third-order valence-corrected chi connectivity index (χ3v) is 2.70. The van der Waals surface area contributed by atoms with Crippen molar-refractivity contribution >= 4 is 11.9 Å². The van der Waals surface area contributed by atoms with Crippen LogP contribution >= 0.6 is 0 Å². The second-order valence-corrected chi connectivity index (χ2v) is 4.31. The highest BCUT2D eigenvalue weighted by Crippen LogP contribution is 2.12. The monoisotopic (exact) mass is 302 g/mol. The van der Waals surface area contributed by atoms with E-state index in [-0.39, 0.29) is 5.91 Å². The fraction of sp³-hybridized carbons (Fsp3) is 0.375. The van der Waals surface area contributed by atoms with Gasteiger partial charge in [0.05, 0.1) is 20.2 Å². The molecule has 1 aromatic carbocycles. The fourth-order valence-electron chi connectivity index (χ4n) is 1.68.